The highest BCUT2D eigenvalue weighted by Gasteiger charge is 2.01. The van der Waals surface area contributed by atoms with E-state index < -0.39 is 0 Å². The first-order valence-corrected chi connectivity index (χ1v) is 4.55. The van der Waals surface area contributed by atoms with Crippen molar-refractivity contribution in [2.24, 2.45) is 0 Å². The van der Waals surface area contributed by atoms with E-state index in [1.54, 1.807) is 18.5 Å². The van der Waals surface area contributed by atoms with Crippen molar-refractivity contribution in [3.05, 3.63) is 24.0 Å². The minimum absolute atomic E-state index is 0.0141. The Balaban J connectivity index is 2.49. The van der Waals surface area contributed by atoms with E-state index in [0.29, 0.717) is 12.4 Å². The first-order valence-electron chi connectivity index (χ1n) is 4.55. The lowest BCUT2D eigenvalue weighted by Gasteiger charge is -2.12. The van der Waals surface area contributed by atoms with E-state index in [9.17, 15) is 0 Å². The molecule has 4 nitrogen and oxygen atoms in total. The second-order valence-corrected chi connectivity index (χ2v) is 3.29. The van der Waals surface area contributed by atoms with Crippen molar-refractivity contribution in [1.82, 2.24) is 9.88 Å². The number of likely N-dealkylation sites (N-methyl/N-ethyl adjacent to an activating group) is 1. The van der Waals surface area contributed by atoms with Crippen LogP contribution in [0.1, 0.15) is 5.56 Å². The van der Waals surface area contributed by atoms with Crippen molar-refractivity contribution >= 4 is 0 Å². The van der Waals surface area contributed by atoms with E-state index >= 15 is 0 Å². The molecule has 0 aliphatic heterocycles. The van der Waals surface area contributed by atoms with E-state index in [0.717, 1.165) is 12.1 Å². The van der Waals surface area contributed by atoms with Crippen LogP contribution < -0.4 is 4.74 Å². The molecular formula is C10H16N2O2. The third-order valence-electron chi connectivity index (χ3n) is 1.84. The highest BCUT2D eigenvalue weighted by Crippen LogP contribution is 2.15. The number of nitrogens with zero attached hydrogens (tertiary/aromatic N) is 2. The predicted octanol–water partition coefficient (Wildman–Crippen LogP) is 0.514. The van der Waals surface area contributed by atoms with Gasteiger partial charge in [-0.1, -0.05) is 0 Å². The minimum atomic E-state index is -0.0141. The van der Waals surface area contributed by atoms with Gasteiger partial charge in [0.15, 0.2) is 0 Å². The maximum Gasteiger partial charge on any atom is 0.143 e. The Labute approximate surface area is 84.1 Å². The fourth-order valence-electron chi connectivity index (χ4n) is 1.01. The molecule has 1 aromatic rings. The Morgan fingerprint density at radius 3 is 2.93 bits per heavy atom. The van der Waals surface area contributed by atoms with Crippen molar-refractivity contribution in [2.45, 2.75) is 6.61 Å². The van der Waals surface area contributed by atoms with Gasteiger partial charge in [-0.25, -0.2) is 0 Å². The van der Waals surface area contributed by atoms with Gasteiger partial charge in [0.25, 0.3) is 0 Å². The molecule has 0 fully saturated rings. The molecule has 0 bridgehead atoms. The van der Waals surface area contributed by atoms with Crippen LogP contribution in [-0.2, 0) is 6.61 Å². The molecule has 4 heteroatoms. The average Bonchev–Trinajstić information content (AvgIpc) is 2.18. The quantitative estimate of drug-likeness (QED) is 0.745. The molecule has 14 heavy (non-hydrogen) atoms. The molecule has 0 radical (unpaired) electrons. The fraction of sp³-hybridized carbons (Fsp3) is 0.500. The minimum Gasteiger partial charge on any atom is -0.490 e. The van der Waals surface area contributed by atoms with E-state index in [-0.39, 0.29) is 6.61 Å². The van der Waals surface area contributed by atoms with Crippen molar-refractivity contribution in [3.8, 4) is 5.75 Å². The lowest BCUT2D eigenvalue weighted by Crippen LogP contribution is -2.19. The topological polar surface area (TPSA) is 45.6 Å². The number of pyridine rings is 1. The zero-order valence-electron chi connectivity index (χ0n) is 8.60. The molecule has 0 aliphatic carbocycles. The van der Waals surface area contributed by atoms with Crippen LogP contribution in [0.25, 0.3) is 0 Å². The summed E-state index contributed by atoms with van der Waals surface area (Å²) in [6.45, 7) is 1.44. The fourth-order valence-corrected chi connectivity index (χ4v) is 1.01. The van der Waals surface area contributed by atoms with Crippen LogP contribution in [-0.4, -0.2) is 42.2 Å². The van der Waals surface area contributed by atoms with Crippen molar-refractivity contribution in [2.75, 3.05) is 27.2 Å². The van der Waals surface area contributed by atoms with Gasteiger partial charge >= 0.3 is 0 Å². The first-order chi connectivity index (χ1) is 6.74. The van der Waals surface area contributed by atoms with Gasteiger partial charge in [-0.05, 0) is 20.2 Å². The van der Waals surface area contributed by atoms with Crippen molar-refractivity contribution < 1.29 is 9.84 Å². The normalized spacial score (nSPS) is 10.6. The number of rotatable bonds is 5. The second kappa shape index (κ2) is 5.57. The van der Waals surface area contributed by atoms with Crippen LogP contribution in [0, 0.1) is 0 Å². The predicted molar refractivity (Wildman–Crippen MR) is 54.2 cm³/mol. The number of aliphatic hydroxyl groups is 1. The van der Waals surface area contributed by atoms with Gasteiger partial charge in [-0.2, -0.15) is 0 Å². The summed E-state index contributed by atoms with van der Waals surface area (Å²) in [5.41, 5.74) is 0.777. The summed E-state index contributed by atoms with van der Waals surface area (Å²) in [7, 11) is 3.97. The number of hydrogen-bond acceptors (Lipinski definition) is 4. The Hall–Kier alpha value is -1.13. The summed E-state index contributed by atoms with van der Waals surface area (Å²) >= 11 is 0. The second-order valence-electron chi connectivity index (χ2n) is 3.29. The summed E-state index contributed by atoms with van der Waals surface area (Å²) in [5.74, 6) is 0.664. The number of ether oxygens (including phenoxy) is 1. The molecule has 0 unspecified atom stereocenters. The van der Waals surface area contributed by atoms with Gasteiger partial charge in [0.1, 0.15) is 12.4 Å². The number of hydrogen-bond donors (Lipinski definition) is 1. The molecule has 78 valence electrons. The number of aliphatic hydroxyl groups excluding tert-OH is 1. The van der Waals surface area contributed by atoms with Crippen LogP contribution in [0.3, 0.4) is 0 Å². The molecule has 0 atom stereocenters. The van der Waals surface area contributed by atoms with Gasteiger partial charge < -0.3 is 14.7 Å². The molecule has 1 rings (SSSR count). The molecule has 0 saturated carbocycles. The van der Waals surface area contributed by atoms with E-state index in [1.165, 1.54) is 0 Å². The molecule has 0 aromatic carbocycles. The van der Waals surface area contributed by atoms with Crippen LogP contribution >= 0.6 is 0 Å². The van der Waals surface area contributed by atoms with Crippen molar-refractivity contribution in [3.63, 3.8) is 0 Å². The maximum atomic E-state index is 9.01. The first kappa shape index (κ1) is 10.9. The lowest BCUT2D eigenvalue weighted by molar-refractivity contribution is 0.242. The Morgan fingerprint density at radius 1 is 1.50 bits per heavy atom. The number of aromatic nitrogens is 1. The average molecular weight is 196 g/mol. The third kappa shape index (κ3) is 3.32. The molecule has 0 aliphatic rings. The lowest BCUT2D eigenvalue weighted by atomic mass is 10.2. The van der Waals surface area contributed by atoms with E-state index in [2.05, 4.69) is 4.98 Å². The third-order valence-corrected chi connectivity index (χ3v) is 1.84. The molecule has 1 aromatic heterocycles. The summed E-state index contributed by atoms with van der Waals surface area (Å²) in [4.78, 5) is 5.98. The summed E-state index contributed by atoms with van der Waals surface area (Å²) in [6, 6.07) is 1.75. The van der Waals surface area contributed by atoms with Gasteiger partial charge in [0, 0.05) is 18.3 Å². The molecule has 0 spiro atoms. The van der Waals surface area contributed by atoms with Gasteiger partial charge in [0.05, 0.1) is 12.8 Å². The van der Waals surface area contributed by atoms with Crippen molar-refractivity contribution in [1.29, 1.82) is 0 Å². The maximum absolute atomic E-state index is 9.01. The summed E-state index contributed by atoms with van der Waals surface area (Å²) in [5, 5.41) is 9.01. The summed E-state index contributed by atoms with van der Waals surface area (Å²) in [6.07, 6.45) is 3.27. The van der Waals surface area contributed by atoms with Crippen LogP contribution in [0.5, 0.6) is 5.75 Å². The standard InChI is InChI=1S/C10H16N2O2/c1-12(2)5-6-14-10-7-11-4-3-9(10)8-13/h3-4,7,13H,5-6,8H2,1-2H3. The molecular weight excluding hydrogens is 180 g/mol. The zero-order chi connectivity index (χ0) is 10.4. The van der Waals surface area contributed by atoms with Crippen LogP contribution in [0.15, 0.2) is 18.5 Å². The van der Waals surface area contributed by atoms with Gasteiger partial charge in [0.2, 0.25) is 0 Å². The van der Waals surface area contributed by atoms with E-state index in [4.69, 9.17) is 9.84 Å². The monoisotopic (exact) mass is 196 g/mol. The smallest absolute Gasteiger partial charge is 0.143 e. The highest BCUT2D eigenvalue weighted by atomic mass is 16.5. The van der Waals surface area contributed by atoms with Gasteiger partial charge in [-0.3, -0.25) is 4.98 Å². The Bertz CT molecular complexity index is 277. The van der Waals surface area contributed by atoms with Crippen LogP contribution in [0.4, 0.5) is 0 Å². The molecule has 0 amide bonds. The molecule has 1 N–H and O–H groups in total. The highest BCUT2D eigenvalue weighted by molar-refractivity contribution is 5.28. The van der Waals surface area contributed by atoms with Gasteiger partial charge in [-0.15, -0.1) is 0 Å². The van der Waals surface area contributed by atoms with E-state index in [1.807, 2.05) is 19.0 Å². The largest absolute Gasteiger partial charge is 0.490 e. The molecule has 1 heterocycles. The summed E-state index contributed by atoms with van der Waals surface area (Å²) < 4.78 is 5.47. The Kier molecular flexibility index (Phi) is 4.35. The Morgan fingerprint density at radius 2 is 2.29 bits per heavy atom. The zero-order valence-corrected chi connectivity index (χ0v) is 8.60. The SMILES string of the molecule is CN(C)CCOc1cnccc1CO. The molecule has 0 saturated heterocycles. The van der Waals surface area contributed by atoms with Crippen LogP contribution in [0.2, 0.25) is 0 Å².